The number of amides is 2. The van der Waals surface area contributed by atoms with E-state index in [1.165, 1.54) is 19.9 Å². The van der Waals surface area contributed by atoms with E-state index in [4.69, 9.17) is 9.15 Å². The molecule has 2 aromatic carbocycles. The zero-order chi connectivity index (χ0) is 36.8. The standard InChI is InChI=1S/C33H30F4N6O6S/c1-31(2,3)49-30(45)40-24-16-50(46,47)26-13-22(34)21(27-41-42-29(48-27)32(4,5)17-38)12-25(26)43(28(24)44)15-18-6-8-19(9-7-18)23-11-10-20(14-39-23)33(35,36)37/h6-14,24H,15-16H2,1-5H3,(H,40,45)/t24-/m0/s1. The Balaban J connectivity index is 1.57. The van der Waals surface area contributed by atoms with Crippen LogP contribution in [0.15, 0.2) is 64.0 Å². The van der Waals surface area contributed by atoms with Crippen LogP contribution < -0.4 is 10.2 Å². The third-order valence-electron chi connectivity index (χ3n) is 7.47. The number of carbonyl (C=O) groups excluding carboxylic acids is 2. The lowest BCUT2D eigenvalue weighted by atomic mass is 9.96. The molecule has 12 nitrogen and oxygen atoms in total. The van der Waals surface area contributed by atoms with Crippen LogP contribution in [0.4, 0.5) is 28.0 Å². The molecule has 262 valence electrons. The summed E-state index contributed by atoms with van der Waals surface area (Å²) in [5.74, 6) is -3.38. The third-order valence-corrected chi connectivity index (χ3v) is 9.24. The zero-order valence-corrected chi connectivity index (χ0v) is 28.1. The van der Waals surface area contributed by atoms with Gasteiger partial charge in [0, 0.05) is 11.8 Å². The van der Waals surface area contributed by atoms with Crippen molar-refractivity contribution in [2.45, 2.75) is 69.3 Å². The van der Waals surface area contributed by atoms with Crippen LogP contribution in [0.1, 0.15) is 51.6 Å². The van der Waals surface area contributed by atoms with Crippen molar-refractivity contribution < 1.29 is 44.7 Å². The fourth-order valence-corrected chi connectivity index (χ4v) is 6.51. The molecule has 1 aliphatic rings. The third kappa shape index (κ3) is 7.59. The number of anilines is 1. The maximum Gasteiger partial charge on any atom is 0.417 e. The molecule has 4 aromatic rings. The second-order valence-corrected chi connectivity index (χ2v) is 15.0. The van der Waals surface area contributed by atoms with Crippen molar-refractivity contribution in [3.8, 4) is 28.8 Å². The first-order valence-electron chi connectivity index (χ1n) is 14.9. The molecular formula is C33H30F4N6O6S. The van der Waals surface area contributed by atoms with Crippen LogP contribution in [-0.4, -0.2) is 53.0 Å². The number of nitrogens with zero attached hydrogens (tertiary/aromatic N) is 5. The van der Waals surface area contributed by atoms with Crippen molar-refractivity contribution in [3.05, 3.63) is 77.6 Å². The quantitative estimate of drug-likeness (QED) is 0.235. The number of carbonyl (C=O) groups is 2. The van der Waals surface area contributed by atoms with Crippen molar-refractivity contribution in [3.63, 3.8) is 0 Å². The summed E-state index contributed by atoms with van der Waals surface area (Å²) in [5, 5.41) is 19.5. The smallest absolute Gasteiger partial charge is 0.417 e. The summed E-state index contributed by atoms with van der Waals surface area (Å²) in [6.45, 7) is 7.44. The summed E-state index contributed by atoms with van der Waals surface area (Å²) < 4.78 is 92.8. The van der Waals surface area contributed by atoms with Gasteiger partial charge < -0.3 is 19.4 Å². The molecule has 1 atom stereocenters. The van der Waals surface area contributed by atoms with E-state index < -0.39 is 67.1 Å². The van der Waals surface area contributed by atoms with Crippen LogP contribution in [0.5, 0.6) is 0 Å². The highest BCUT2D eigenvalue weighted by Gasteiger charge is 2.41. The van der Waals surface area contributed by atoms with Gasteiger partial charge in [-0.05, 0) is 64.4 Å². The summed E-state index contributed by atoms with van der Waals surface area (Å²) in [7, 11) is -4.45. The van der Waals surface area contributed by atoms with E-state index in [9.17, 15) is 36.4 Å². The average molecular weight is 715 g/mol. The molecule has 17 heteroatoms. The number of ether oxygens (including phenoxy) is 1. The van der Waals surface area contributed by atoms with Gasteiger partial charge in [-0.1, -0.05) is 24.3 Å². The largest absolute Gasteiger partial charge is 0.444 e. The highest BCUT2D eigenvalue weighted by atomic mass is 32.2. The lowest BCUT2D eigenvalue weighted by Gasteiger charge is -2.27. The molecule has 0 radical (unpaired) electrons. The van der Waals surface area contributed by atoms with E-state index in [0.717, 1.165) is 23.1 Å². The number of benzene rings is 2. The van der Waals surface area contributed by atoms with Crippen molar-refractivity contribution in [1.29, 1.82) is 5.26 Å². The Kier molecular flexibility index (Phi) is 9.21. The lowest BCUT2D eigenvalue weighted by molar-refractivity contribution is -0.137. The number of halogens is 4. The van der Waals surface area contributed by atoms with Gasteiger partial charge in [0.15, 0.2) is 9.84 Å². The van der Waals surface area contributed by atoms with Crippen LogP contribution >= 0.6 is 0 Å². The first kappa shape index (κ1) is 35.9. The minimum Gasteiger partial charge on any atom is -0.444 e. The van der Waals surface area contributed by atoms with Gasteiger partial charge in [-0.2, -0.15) is 18.4 Å². The van der Waals surface area contributed by atoms with Crippen molar-refractivity contribution in [1.82, 2.24) is 20.5 Å². The number of alkyl halides is 3. The molecule has 3 heterocycles. The van der Waals surface area contributed by atoms with Gasteiger partial charge in [0.2, 0.25) is 5.89 Å². The molecule has 5 rings (SSSR count). The fourth-order valence-electron chi connectivity index (χ4n) is 4.90. The van der Waals surface area contributed by atoms with Crippen LogP contribution in [0.25, 0.3) is 22.7 Å². The minimum atomic E-state index is -4.56. The van der Waals surface area contributed by atoms with Gasteiger partial charge in [0.1, 0.15) is 22.9 Å². The topological polar surface area (TPSA) is 168 Å². The van der Waals surface area contributed by atoms with Crippen molar-refractivity contribution in [2.24, 2.45) is 0 Å². The number of rotatable bonds is 6. The maximum absolute atomic E-state index is 15.6. The highest BCUT2D eigenvalue weighted by Crippen LogP contribution is 2.38. The second-order valence-electron chi connectivity index (χ2n) is 13.0. The predicted octanol–water partition coefficient (Wildman–Crippen LogP) is 5.97. The molecule has 0 fully saturated rings. The summed E-state index contributed by atoms with van der Waals surface area (Å²) >= 11 is 0. The SMILES string of the molecule is CC(C)(C)OC(=O)N[C@H]1CS(=O)(=O)c2cc(F)c(-c3nnc(C(C)(C)C#N)o3)cc2N(Cc2ccc(-c3ccc(C(F)(F)F)cn3)cc2)C1=O. The highest BCUT2D eigenvalue weighted by molar-refractivity contribution is 7.91. The van der Waals surface area contributed by atoms with Gasteiger partial charge in [-0.15, -0.1) is 10.2 Å². The number of nitrogens with one attached hydrogen (secondary N) is 1. The molecule has 0 saturated heterocycles. The molecular weight excluding hydrogens is 684 g/mol. The monoisotopic (exact) mass is 714 g/mol. The van der Waals surface area contributed by atoms with E-state index in [2.05, 4.69) is 20.5 Å². The molecule has 1 aliphatic heterocycles. The number of nitriles is 1. The number of aromatic nitrogens is 3. The Morgan fingerprint density at radius 1 is 1.08 bits per heavy atom. The normalized spacial score (nSPS) is 16.3. The first-order valence-corrected chi connectivity index (χ1v) is 16.6. The van der Waals surface area contributed by atoms with Crippen molar-refractivity contribution in [2.75, 3.05) is 10.7 Å². The van der Waals surface area contributed by atoms with Crippen LogP contribution in [0, 0.1) is 17.1 Å². The van der Waals surface area contributed by atoms with E-state index in [1.807, 2.05) is 6.07 Å². The average Bonchev–Trinajstić information content (AvgIpc) is 3.51. The minimum absolute atomic E-state index is 0.130. The van der Waals surface area contributed by atoms with Crippen LogP contribution in [0.2, 0.25) is 0 Å². The molecule has 2 amide bonds. The van der Waals surface area contributed by atoms with Gasteiger partial charge in [0.25, 0.3) is 11.8 Å². The first-order chi connectivity index (χ1) is 23.2. The number of hydrogen-bond donors (Lipinski definition) is 1. The molecule has 1 N–H and O–H groups in total. The molecule has 0 bridgehead atoms. The van der Waals surface area contributed by atoms with Gasteiger partial charge in [-0.25, -0.2) is 17.6 Å². The number of fused-ring (bicyclic) bond motifs is 1. The second kappa shape index (κ2) is 12.8. The van der Waals surface area contributed by atoms with E-state index in [0.29, 0.717) is 17.3 Å². The van der Waals surface area contributed by atoms with E-state index in [-0.39, 0.29) is 35.3 Å². The maximum atomic E-state index is 15.6. The van der Waals surface area contributed by atoms with Crippen LogP contribution in [-0.2, 0) is 37.5 Å². The molecule has 50 heavy (non-hydrogen) atoms. The Hall–Kier alpha value is -5.37. The summed E-state index contributed by atoms with van der Waals surface area (Å²) in [6, 6.07) is 10.4. The Bertz CT molecular complexity index is 2100. The number of hydrogen-bond acceptors (Lipinski definition) is 10. The predicted molar refractivity (Wildman–Crippen MR) is 169 cm³/mol. The number of alkyl carbamates (subject to hydrolysis) is 1. The van der Waals surface area contributed by atoms with Gasteiger partial charge in [-0.3, -0.25) is 9.78 Å². The summed E-state index contributed by atoms with van der Waals surface area (Å²) in [6.07, 6.45) is -4.91. The fraction of sp³-hybridized carbons (Fsp3) is 0.333. The Labute approximate surface area is 284 Å². The van der Waals surface area contributed by atoms with E-state index in [1.54, 1.807) is 45.0 Å². The lowest BCUT2D eigenvalue weighted by Crippen LogP contribution is -2.51. The van der Waals surface area contributed by atoms with E-state index >= 15 is 4.39 Å². The van der Waals surface area contributed by atoms with Crippen molar-refractivity contribution >= 4 is 27.5 Å². The molecule has 2 aromatic heterocycles. The Morgan fingerprint density at radius 2 is 1.76 bits per heavy atom. The molecule has 0 spiro atoms. The Morgan fingerprint density at radius 3 is 2.34 bits per heavy atom. The summed E-state index contributed by atoms with van der Waals surface area (Å²) in [4.78, 5) is 31.2. The molecule has 0 saturated carbocycles. The summed E-state index contributed by atoms with van der Waals surface area (Å²) in [5.41, 5.74) is -2.62. The van der Waals surface area contributed by atoms with Crippen LogP contribution in [0.3, 0.4) is 0 Å². The number of sulfone groups is 1. The van der Waals surface area contributed by atoms with Gasteiger partial charge in [0.05, 0.1) is 45.8 Å². The number of pyridine rings is 1. The zero-order valence-electron chi connectivity index (χ0n) is 27.3. The molecule has 0 aliphatic carbocycles. The van der Waals surface area contributed by atoms with Gasteiger partial charge >= 0.3 is 12.3 Å². The molecule has 0 unspecified atom stereocenters.